The lowest BCUT2D eigenvalue weighted by molar-refractivity contribution is 0.243. The Balaban J connectivity index is 1.60. The van der Waals surface area contributed by atoms with Crippen molar-refractivity contribution in [1.82, 2.24) is 14.9 Å². The first-order chi connectivity index (χ1) is 10.8. The minimum Gasteiger partial charge on any atom is -0.294 e. The average Bonchev–Trinajstić information content (AvgIpc) is 2.55. The maximum Gasteiger partial charge on any atom is 0.125 e. The van der Waals surface area contributed by atoms with Crippen molar-refractivity contribution in [2.45, 2.75) is 26.4 Å². The van der Waals surface area contributed by atoms with Gasteiger partial charge in [-0.3, -0.25) is 4.90 Å². The van der Waals surface area contributed by atoms with Crippen LogP contribution in [0.1, 0.15) is 22.6 Å². The second-order valence-electron chi connectivity index (χ2n) is 5.99. The molecule has 1 aliphatic heterocycles. The topological polar surface area (TPSA) is 29.0 Å². The Kier molecular flexibility index (Phi) is 3.35. The number of aromatic nitrogens is 2. The summed E-state index contributed by atoms with van der Waals surface area (Å²) in [7, 11) is 0. The molecule has 3 heteroatoms. The number of fused-ring (bicyclic) bond motifs is 2. The van der Waals surface area contributed by atoms with Crippen molar-refractivity contribution in [2.75, 3.05) is 6.54 Å². The molecule has 3 nitrogen and oxygen atoms in total. The summed E-state index contributed by atoms with van der Waals surface area (Å²) in [5, 5.41) is 2.67. The fourth-order valence-corrected chi connectivity index (χ4v) is 3.28. The highest BCUT2D eigenvalue weighted by Gasteiger charge is 2.18. The first-order valence-corrected chi connectivity index (χ1v) is 7.80. The number of nitrogens with zero attached hydrogens (tertiary/aromatic N) is 3. The van der Waals surface area contributed by atoms with E-state index in [-0.39, 0.29) is 0 Å². The Morgan fingerprint density at radius 2 is 1.95 bits per heavy atom. The molecule has 0 bridgehead atoms. The maximum absolute atomic E-state index is 4.57. The van der Waals surface area contributed by atoms with E-state index in [0.717, 1.165) is 31.9 Å². The van der Waals surface area contributed by atoms with Gasteiger partial charge in [0.15, 0.2) is 0 Å². The van der Waals surface area contributed by atoms with Crippen molar-refractivity contribution in [1.29, 1.82) is 0 Å². The molecular weight excluding hydrogens is 270 g/mol. The van der Waals surface area contributed by atoms with Crippen LogP contribution in [0.15, 0.2) is 48.7 Å². The van der Waals surface area contributed by atoms with Crippen LogP contribution < -0.4 is 0 Å². The Morgan fingerprint density at radius 1 is 1.09 bits per heavy atom. The van der Waals surface area contributed by atoms with Gasteiger partial charge in [-0.2, -0.15) is 0 Å². The average molecular weight is 289 g/mol. The molecule has 0 spiro atoms. The molecule has 110 valence electrons. The quantitative estimate of drug-likeness (QED) is 0.723. The standard InChI is InChI=1S/C19H19N3/c1-14-20-11-17-13-22(10-9-19(17)21-14)12-16-7-4-6-15-5-2-3-8-18(15)16/h2-8,11H,9-10,12-13H2,1H3. The van der Waals surface area contributed by atoms with Gasteiger partial charge in [-0.1, -0.05) is 42.5 Å². The van der Waals surface area contributed by atoms with Crippen molar-refractivity contribution >= 4 is 10.8 Å². The fraction of sp³-hybridized carbons (Fsp3) is 0.263. The van der Waals surface area contributed by atoms with E-state index in [0.29, 0.717) is 0 Å². The van der Waals surface area contributed by atoms with E-state index in [9.17, 15) is 0 Å². The summed E-state index contributed by atoms with van der Waals surface area (Å²) in [6.45, 7) is 4.95. The van der Waals surface area contributed by atoms with E-state index < -0.39 is 0 Å². The molecule has 0 aliphatic carbocycles. The summed E-state index contributed by atoms with van der Waals surface area (Å²) >= 11 is 0. The highest BCUT2D eigenvalue weighted by molar-refractivity contribution is 5.85. The zero-order valence-corrected chi connectivity index (χ0v) is 12.8. The Labute approximate surface area is 130 Å². The normalized spacial score (nSPS) is 15.0. The van der Waals surface area contributed by atoms with Gasteiger partial charge in [0.1, 0.15) is 5.82 Å². The molecule has 1 aromatic heterocycles. The van der Waals surface area contributed by atoms with Crippen LogP contribution in [0.4, 0.5) is 0 Å². The van der Waals surface area contributed by atoms with E-state index in [4.69, 9.17) is 0 Å². The highest BCUT2D eigenvalue weighted by Crippen LogP contribution is 2.23. The molecule has 0 saturated heterocycles. The number of hydrogen-bond donors (Lipinski definition) is 0. The van der Waals surface area contributed by atoms with Gasteiger partial charge in [-0.05, 0) is 23.3 Å². The first-order valence-electron chi connectivity index (χ1n) is 7.80. The van der Waals surface area contributed by atoms with Gasteiger partial charge in [0.05, 0.1) is 0 Å². The van der Waals surface area contributed by atoms with Crippen LogP contribution in [0.3, 0.4) is 0 Å². The summed E-state index contributed by atoms with van der Waals surface area (Å²) < 4.78 is 0. The third-order valence-corrected chi connectivity index (χ3v) is 4.41. The van der Waals surface area contributed by atoms with Crippen molar-refractivity contribution in [3.05, 3.63) is 71.3 Å². The number of hydrogen-bond acceptors (Lipinski definition) is 3. The molecule has 0 amide bonds. The van der Waals surface area contributed by atoms with Gasteiger partial charge < -0.3 is 0 Å². The van der Waals surface area contributed by atoms with Gasteiger partial charge in [0, 0.05) is 43.5 Å². The van der Waals surface area contributed by atoms with Crippen LogP contribution in [-0.2, 0) is 19.5 Å². The van der Waals surface area contributed by atoms with Crippen molar-refractivity contribution in [2.24, 2.45) is 0 Å². The SMILES string of the molecule is Cc1ncc2c(n1)CCN(Cc1cccc3ccccc13)C2. The fourth-order valence-electron chi connectivity index (χ4n) is 3.28. The third kappa shape index (κ3) is 2.48. The molecule has 0 unspecified atom stereocenters. The molecule has 0 saturated carbocycles. The van der Waals surface area contributed by atoms with Crippen molar-refractivity contribution in [3.63, 3.8) is 0 Å². The molecular formula is C19H19N3. The molecule has 0 atom stereocenters. The predicted molar refractivity (Wildman–Crippen MR) is 88.5 cm³/mol. The molecule has 3 aromatic rings. The smallest absolute Gasteiger partial charge is 0.125 e. The van der Waals surface area contributed by atoms with Crippen LogP contribution in [0.25, 0.3) is 10.8 Å². The Morgan fingerprint density at radius 3 is 2.91 bits per heavy atom. The van der Waals surface area contributed by atoms with Crippen LogP contribution >= 0.6 is 0 Å². The Hall–Kier alpha value is -2.26. The van der Waals surface area contributed by atoms with Gasteiger partial charge in [0.25, 0.3) is 0 Å². The molecule has 2 aromatic carbocycles. The van der Waals surface area contributed by atoms with Crippen LogP contribution in [-0.4, -0.2) is 21.4 Å². The lowest BCUT2D eigenvalue weighted by Crippen LogP contribution is -2.31. The van der Waals surface area contributed by atoms with Crippen molar-refractivity contribution in [3.8, 4) is 0 Å². The lowest BCUT2D eigenvalue weighted by atomic mass is 10.0. The zero-order valence-electron chi connectivity index (χ0n) is 12.8. The Bertz CT molecular complexity index is 821. The van der Waals surface area contributed by atoms with Crippen molar-refractivity contribution < 1.29 is 0 Å². The highest BCUT2D eigenvalue weighted by atomic mass is 15.1. The van der Waals surface area contributed by atoms with Crippen LogP contribution in [0, 0.1) is 6.92 Å². The van der Waals surface area contributed by atoms with Crippen LogP contribution in [0.2, 0.25) is 0 Å². The van der Waals surface area contributed by atoms with Crippen LogP contribution in [0.5, 0.6) is 0 Å². The van der Waals surface area contributed by atoms with Gasteiger partial charge in [-0.25, -0.2) is 9.97 Å². The monoisotopic (exact) mass is 289 g/mol. The van der Waals surface area contributed by atoms with E-state index in [1.54, 1.807) is 0 Å². The lowest BCUT2D eigenvalue weighted by Gasteiger charge is -2.28. The molecule has 1 aliphatic rings. The minimum atomic E-state index is 0.876. The second-order valence-corrected chi connectivity index (χ2v) is 5.99. The summed E-state index contributed by atoms with van der Waals surface area (Å²) in [5.41, 5.74) is 3.90. The summed E-state index contributed by atoms with van der Waals surface area (Å²) in [6, 6.07) is 15.2. The molecule has 0 fully saturated rings. The van der Waals surface area contributed by atoms with E-state index in [2.05, 4.69) is 57.3 Å². The number of rotatable bonds is 2. The predicted octanol–water partition coefficient (Wildman–Crippen LogP) is 3.50. The first kappa shape index (κ1) is 13.4. The summed E-state index contributed by atoms with van der Waals surface area (Å²) in [6.07, 6.45) is 3.01. The van der Waals surface area contributed by atoms with E-state index in [1.807, 2.05) is 13.1 Å². The number of benzene rings is 2. The second kappa shape index (κ2) is 5.50. The maximum atomic E-state index is 4.57. The minimum absolute atomic E-state index is 0.876. The third-order valence-electron chi connectivity index (χ3n) is 4.41. The number of aryl methyl sites for hydroxylation is 1. The van der Waals surface area contributed by atoms with Gasteiger partial charge in [-0.15, -0.1) is 0 Å². The zero-order chi connectivity index (χ0) is 14.9. The van der Waals surface area contributed by atoms with E-state index in [1.165, 1.54) is 27.6 Å². The molecule has 22 heavy (non-hydrogen) atoms. The largest absolute Gasteiger partial charge is 0.294 e. The van der Waals surface area contributed by atoms with Gasteiger partial charge in [0.2, 0.25) is 0 Å². The summed E-state index contributed by atoms with van der Waals surface area (Å²) in [4.78, 5) is 11.4. The molecule has 0 radical (unpaired) electrons. The van der Waals surface area contributed by atoms with Gasteiger partial charge >= 0.3 is 0 Å². The summed E-state index contributed by atoms with van der Waals surface area (Å²) in [5.74, 6) is 0.876. The molecule has 2 heterocycles. The van der Waals surface area contributed by atoms with E-state index >= 15 is 0 Å². The molecule has 0 N–H and O–H groups in total. The molecule has 4 rings (SSSR count).